The van der Waals surface area contributed by atoms with Crippen LogP contribution in [0.1, 0.15) is 111 Å². The number of hydrogen-bond donors (Lipinski definition) is 3. The minimum Gasteiger partial charge on any atom is -0.481 e. The normalized spacial score (nSPS) is 13.1. The molecule has 2 atom stereocenters. The molecule has 0 aromatic carbocycles. The Morgan fingerprint density at radius 1 is 0.862 bits per heavy atom. The summed E-state index contributed by atoms with van der Waals surface area (Å²) >= 11 is 0. The molecule has 0 aliphatic heterocycles. The molecule has 0 heterocycles. The molecule has 0 aromatic rings. The fourth-order valence-corrected chi connectivity index (χ4v) is 2.70. The minimum absolute atomic E-state index is 0.00667. The first-order valence-electron chi connectivity index (χ1n) is 11.7. The Balaban J connectivity index is 0. The molecule has 2 unspecified atom stereocenters. The number of carbonyl (C=O) groups is 1. The smallest absolute Gasteiger partial charge is 0.303 e. The minimum atomic E-state index is -0.664. The van der Waals surface area contributed by atoms with E-state index in [1.807, 2.05) is 0 Å². The van der Waals surface area contributed by atoms with Crippen LogP contribution < -0.4 is 0 Å². The standard InChI is InChI=1S/C18H34O2.C6H14O3/c1-2-3-4-5-6-7-8-9-10-11-12-13-14-15-16-17-18(19)20;1-5(8)4-9-6(2)3-7/h9-10H,2-8,11-17H2,1H3,(H,19,20);5-8H,3-4H2,1-2H3/b10-9-;. The van der Waals surface area contributed by atoms with Crippen LogP contribution in [0, 0.1) is 0 Å². The maximum absolute atomic E-state index is 10.3. The highest BCUT2D eigenvalue weighted by Crippen LogP contribution is 2.09. The van der Waals surface area contributed by atoms with Crippen LogP contribution in [0.4, 0.5) is 0 Å². The number of hydrogen-bond acceptors (Lipinski definition) is 4. The number of aliphatic hydroxyl groups excluding tert-OH is 2. The average molecular weight is 417 g/mol. The number of aliphatic carboxylic acids is 1. The molecule has 0 saturated carbocycles. The Kier molecular flexibility index (Phi) is 26.2. The molecule has 0 spiro atoms. The maximum atomic E-state index is 10.3. The van der Waals surface area contributed by atoms with E-state index in [1.165, 1.54) is 70.6 Å². The number of allylic oxidation sites excluding steroid dienone is 2. The van der Waals surface area contributed by atoms with Gasteiger partial charge in [0.2, 0.25) is 0 Å². The van der Waals surface area contributed by atoms with E-state index in [2.05, 4.69) is 19.1 Å². The lowest BCUT2D eigenvalue weighted by Gasteiger charge is -2.10. The number of carboxylic acids is 1. The third kappa shape index (κ3) is 32.0. The second-order valence-corrected chi connectivity index (χ2v) is 7.90. The molecule has 5 heteroatoms. The van der Waals surface area contributed by atoms with Crippen molar-refractivity contribution in [3.8, 4) is 0 Å². The quantitative estimate of drug-likeness (QED) is 0.181. The van der Waals surface area contributed by atoms with Gasteiger partial charge in [0.1, 0.15) is 0 Å². The Morgan fingerprint density at radius 2 is 1.34 bits per heavy atom. The second-order valence-electron chi connectivity index (χ2n) is 7.90. The van der Waals surface area contributed by atoms with Gasteiger partial charge in [-0.3, -0.25) is 4.79 Å². The van der Waals surface area contributed by atoms with Crippen molar-refractivity contribution in [1.29, 1.82) is 0 Å². The first-order chi connectivity index (χ1) is 13.9. The van der Waals surface area contributed by atoms with E-state index >= 15 is 0 Å². The van der Waals surface area contributed by atoms with Gasteiger partial charge >= 0.3 is 5.97 Å². The Hall–Kier alpha value is -0.910. The van der Waals surface area contributed by atoms with Crippen molar-refractivity contribution in [3.63, 3.8) is 0 Å². The molecule has 0 amide bonds. The molecular weight excluding hydrogens is 368 g/mol. The van der Waals surface area contributed by atoms with Crippen molar-refractivity contribution in [2.75, 3.05) is 13.2 Å². The maximum Gasteiger partial charge on any atom is 0.303 e. The van der Waals surface area contributed by atoms with E-state index in [0.29, 0.717) is 13.0 Å². The van der Waals surface area contributed by atoms with Gasteiger partial charge in [-0.2, -0.15) is 0 Å². The van der Waals surface area contributed by atoms with Gasteiger partial charge in [0, 0.05) is 6.42 Å². The summed E-state index contributed by atoms with van der Waals surface area (Å²) in [5, 5.41) is 25.6. The lowest BCUT2D eigenvalue weighted by Crippen LogP contribution is -2.19. The van der Waals surface area contributed by atoms with E-state index in [-0.39, 0.29) is 12.7 Å². The van der Waals surface area contributed by atoms with Gasteiger partial charge in [-0.05, 0) is 46.0 Å². The third-order valence-corrected chi connectivity index (χ3v) is 4.53. The third-order valence-electron chi connectivity index (χ3n) is 4.53. The monoisotopic (exact) mass is 416 g/mol. The largest absolute Gasteiger partial charge is 0.481 e. The molecule has 174 valence electrons. The van der Waals surface area contributed by atoms with Gasteiger partial charge in [-0.15, -0.1) is 0 Å². The van der Waals surface area contributed by atoms with Gasteiger partial charge in [0.25, 0.3) is 0 Å². The Labute approximate surface area is 179 Å². The summed E-state index contributed by atoms with van der Waals surface area (Å²) in [7, 11) is 0. The highest BCUT2D eigenvalue weighted by atomic mass is 16.5. The van der Waals surface area contributed by atoms with E-state index < -0.39 is 12.1 Å². The molecule has 0 bridgehead atoms. The van der Waals surface area contributed by atoms with E-state index in [1.54, 1.807) is 13.8 Å². The first-order valence-corrected chi connectivity index (χ1v) is 11.7. The van der Waals surface area contributed by atoms with Gasteiger partial charge in [0.15, 0.2) is 0 Å². The molecule has 0 aliphatic carbocycles. The Bertz CT molecular complexity index is 355. The second kappa shape index (κ2) is 25.1. The van der Waals surface area contributed by atoms with Crippen LogP contribution >= 0.6 is 0 Å². The fourth-order valence-electron chi connectivity index (χ4n) is 2.70. The number of aliphatic hydroxyl groups is 2. The highest BCUT2D eigenvalue weighted by Gasteiger charge is 2.00. The summed E-state index contributed by atoms with van der Waals surface area (Å²) < 4.78 is 4.95. The van der Waals surface area contributed by atoms with Gasteiger partial charge in [0.05, 0.1) is 25.4 Å². The van der Waals surface area contributed by atoms with Crippen LogP contribution in [0.5, 0.6) is 0 Å². The lowest BCUT2D eigenvalue weighted by atomic mass is 10.1. The van der Waals surface area contributed by atoms with Gasteiger partial charge in [-0.1, -0.05) is 70.4 Å². The molecular formula is C24H48O5. The summed E-state index contributed by atoms with van der Waals surface area (Å²) in [6, 6.07) is 0. The van der Waals surface area contributed by atoms with Crippen LogP contribution in [0.25, 0.3) is 0 Å². The molecule has 5 nitrogen and oxygen atoms in total. The lowest BCUT2D eigenvalue weighted by molar-refractivity contribution is -0.137. The Morgan fingerprint density at radius 3 is 1.79 bits per heavy atom. The van der Waals surface area contributed by atoms with Crippen molar-refractivity contribution in [2.45, 2.75) is 123 Å². The van der Waals surface area contributed by atoms with Crippen molar-refractivity contribution < 1.29 is 24.9 Å². The molecule has 0 saturated heterocycles. The fraction of sp³-hybridized carbons (Fsp3) is 0.875. The summed E-state index contributed by atoms with van der Waals surface area (Å²) in [6.45, 7) is 5.95. The average Bonchev–Trinajstić information content (AvgIpc) is 2.69. The predicted octanol–water partition coefficient (Wildman–Crippen LogP) is 5.87. The molecule has 29 heavy (non-hydrogen) atoms. The van der Waals surface area contributed by atoms with Gasteiger partial charge in [-0.25, -0.2) is 0 Å². The molecule has 0 aromatic heterocycles. The topological polar surface area (TPSA) is 87.0 Å². The first kappa shape index (κ1) is 30.3. The van der Waals surface area contributed by atoms with Crippen molar-refractivity contribution in [1.82, 2.24) is 0 Å². The molecule has 0 aliphatic rings. The van der Waals surface area contributed by atoms with Gasteiger partial charge < -0.3 is 20.1 Å². The highest BCUT2D eigenvalue weighted by molar-refractivity contribution is 5.66. The van der Waals surface area contributed by atoms with Crippen LogP contribution in [0.3, 0.4) is 0 Å². The predicted molar refractivity (Wildman–Crippen MR) is 121 cm³/mol. The zero-order chi connectivity index (χ0) is 22.2. The SMILES string of the molecule is CC(O)COC(C)CO.CCCCCCCC/C=C\CCCCCCCC(=O)O. The number of ether oxygens (including phenoxy) is 1. The van der Waals surface area contributed by atoms with Crippen molar-refractivity contribution >= 4 is 5.97 Å². The van der Waals surface area contributed by atoms with E-state index in [9.17, 15) is 4.79 Å². The summed E-state index contributed by atoms with van der Waals surface area (Å²) in [5.41, 5.74) is 0. The van der Waals surface area contributed by atoms with Crippen LogP contribution in [-0.4, -0.2) is 46.7 Å². The zero-order valence-electron chi connectivity index (χ0n) is 19.3. The van der Waals surface area contributed by atoms with Crippen molar-refractivity contribution in [2.24, 2.45) is 0 Å². The molecule has 0 fully saturated rings. The van der Waals surface area contributed by atoms with Crippen LogP contribution in [0.15, 0.2) is 12.2 Å². The number of carboxylic acid groups (broad SMARTS) is 1. The van der Waals surface area contributed by atoms with Crippen molar-refractivity contribution in [3.05, 3.63) is 12.2 Å². The van der Waals surface area contributed by atoms with Crippen LogP contribution in [0.2, 0.25) is 0 Å². The summed E-state index contributed by atoms with van der Waals surface area (Å²) in [5.74, 6) is -0.664. The summed E-state index contributed by atoms with van der Waals surface area (Å²) in [4.78, 5) is 10.3. The summed E-state index contributed by atoms with van der Waals surface area (Å²) in [6.07, 6.45) is 20.6. The molecule has 0 rings (SSSR count). The number of unbranched alkanes of at least 4 members (excludes halogenated alkanes) is 11. The van der Waals surface area contributed by atoms with E-state index in [4.69, 9.17) is 20.1 Å². The molecule has 0 radical (unpaired) electrons. The van der Waals surface area contributed by atoms with Crippen LogP contribution in [-0.2, 0) is 9.53 Å². The van der Waals surface area contributed by atoms with E-state index in [0.717, 1.165) is 12.8 Å². The molecule has 3 N–H and O–H groups in total. The number of rotatable bonds is 19. The zero-order valence-corrected chi connectivity index (χ0v) is 19.3.